The van der Waals surface area contributed by atoms with Crippen molar-refractivity contribution in [2.24, 2.45) is 11.8 Å². The summed E-state index contributed by atoms with van der Waals surface area (Å²) in [4.78, 5) is 186. The van der Waals surface area contributed by atoms with E-state index in [9.17, 15) is 64.7 Å². The fourth-order valence-corrected chi connectivity index (χ4v) is 14.9. The number of benzene rings is 2. The zero-order valence-corrected chi connectivity index (χ0v) is 61.3. The van der Waals surface area contributed by atoms with Crippen LogP contribution in [0.5, 0.6) is 0 Å². The summed E-state index contributed by atoms with van der Waals surface area (Å²) in [5.74, 6) is -17.6. The van der Waals surface area contributed by atoms with Crippen LogP contribution in [-0.2, 0) is 76.6 Å². The smallest absolute Gasteiger partial charge is 0.343 e. The highest BCUT2D eigenvalue weighted by Gasteiger charge is 2.55. The van der Waals surface area contributed by atoms with Crippen LogP contribution in [0.1, 0.15) is 139 Å². The second kappa shape index (κ2) is 34.8. The van der Waals surface area contributed by atoms with Gasteiger partial charge in [0.15, 0.2) is 0 Å². The van der Waals surface area contributed by atoms with Crippen molar-refractivity contribution in [3.8, 4) is 0 Å². The van der Waals surface area contributed by atoms with E-state index in [4.69, 9.17) is 11.6 Å². The van der Waals surface area contributed by atoms with Crippen LogP contribution in [0.15, 0.2) is 42.5 Å². The van der Waals surface area contributed by atoms with E-state index in [0.29, 0.717) is 60.0 Å². The molecule has 104 heavy (non-hydrogen) atoms. The summed E-state index contributed by atoms with van der Waals surface area (Å²) in [6, 6.07) is -3.10. The maximum atomic E-state index is 16.2. The minimum atomic E-state index is -5.14. The van der Waals surface area contributed by atoms with Gasteiger partial charge in [-0.15, -0.1) is 0 Å². The number of hydrogen-bond donors (Lipinski definition) is 3. The van der Waals surface area contributed by atoms with Gasteiger partial charge in [-0.2, -0.15) is 26.3 Å². The molecule has 3 heterocycles. The number of aryl methyl sites for hydroxylation is 2. The van der Waals surface area contributed by atoms with Gasteiger partial charge in [-0.25, -0.2) is 8.78 Å². The summed E-state index contributed by atoms with van der Waals surface area (Å²) < 4.78 is 118. The zero-order valence-electron chi connectivity index (χ0n) is 60.5. The maximum Gasteiger partial charge on any atom is 0.417 e. The number of amides is 12. The van der Waals surface area contributed by atoms with Crippen molar-refractivity contribution in [3.05, 3.63) is 69.7 Å². The van der Waals surface area contributed by atoms with E-state index in [0.717, 1.165) is 60.6 Å². The quantitative estimate of drug-likeness (QED) is 0.240. The molecule has 1 unspecified atom stereocenters. The molecule has 576 valence electrons. The summed E-state index contributed by atoms with van der Waals surface area (Å²) in [7, 11) is 8.20. The Hall–Kier alpha value is -8.19. The van der Waals surface area contributed by atoms with Gasteiger partial charge in [-0.1, -0.05) is 99.9 Å². The van der Waals surface area contributed by atoms with Crippen molar-refractivity contribution < 1.29 is 92.7 Å². The van der Waals surface area contributed by atoms with Crippen molar-refractivity contribution in [1.82, 2.24) is 60.0 Å². The van der Waals surface area contributed by atoms with E-state index in [-0.39, 0.29) is 63.6 Å². The van der Waals surface area contributed by atoms with Crippen LogP contribution in [0.25, 0.3) is 0 Å². The van der Waals surface area contributed by atoms with Crippen LogP contribution in [0.3, 0.4) is 0 Å². The van der Waals surface area contributed by atoms with Crippen molar-refractivity contribution in [2.75, 3.05) is 88.6 Å². The van der Waals surface area contributed by atoms with Crippen molar-refractivity contribution in [3.63, 3.8) is 0 Å². The number of carbonyl (C=O) groups excluding carboxylic acids is 12. The summed E-state index contributed by atoms with van der Waals surface area (Å²) >= 11 is 6.08. The molecule has 5 aliphatic rings. The number of alkyl halides is 8. The number of nitrogens with one attached hydrogen (secondary N) is 3. The number of likely N-dealkylation sites (tertiary alicyclic amines) is 1. The largest absolute Gasteiger partial charge is 0.417 e. The summed E-state index contributed by atoms with van der Waals surface area (Å²) in [6.45, 7) is 1.46. The van der Waals surface area contributed by atoms with Crippen LogP contribution >= 0.6 is 11.6 Å². The van der Waals surface area contributed by atoms with Crippen molar-refractivity contribution in [2.45, 2.75) is 202 Å². The topological polar surface area (TPSA) is 270 Å². The molecule has 1 spiro atoms. The normalized spacial score (nSPS) is 25.8. The SMILES string of the molecule is CC[C@H](C)[C@@H]1NC(=O)[C@H](CC(F)(F)F)N(C)C(=O)C[C@@H](C(=O)N2CCCC2)N(C)C(=O)[C@H](C2CCCCC2)N(C)C(=O)C2(CCCC2)NC(=O)C2CC(F)(F)CN2C(=O)[C@H](CCc2ccc(C(F)(F)F)c(Cl)c2)NC(=O)CN(C)C(=O)[C@H](Cc2ccc(C)cc2)N(C)C(=O)CN(C)C(=O)CN(C)C1=O. The van der Waals surface area contributed by atoms with E-state index in [2.05, 4.69) is 16.0 Å². The van der Waals surface area contributed by atoms with Gasteiger partial charge < -0.3 is 60.0 Å². The Balaban J connectivity index is 1.32. The predicted molar refractivity (Wildman–Crippen MR) is 364 cm³/mol. The Morgan fingerprint density at radius 3 is 1.82 bits per heavy atom. The lowest BCUT2D eigenvalue weighted by Crippen LogP contribution is -2.65. The highest BCUT2D eigenvalue weighted by Crippen LogP contribution is 2.40. The van der Waals surface area contributed by atoms with Gasteiger partial charge in [0.2, 0.25) is 70.9 Å². The van der Waals surface area contributed by atoms with Crippen molar-refractivity contribution >= 4 is 82.5 Å². The summed E-state index contributed by atoms with van der Waals surface area (Å²) in [5, 5.41) is 6.85. The van der Waals surface area contributed by atoms with E-state index >= 15 is 28.0 Å². The summed E-state index contributed by atoms with van der Waals surface area (Å²) in [5.41, 5.74) is -1.69. The number of carbonyl (C=O) groups is 12. The molecule has 12 amide bonds. The molecular formula is C71H97ClF8N12O12. The first-order valence-electron chi connectivity index (χ1n) is 35.2. The Labute approximate surface area is 605 Å². The molecule has 2 aromatic carbocycles. The standard InChI is InChI=1S/C71H97ClF8N12O12/c1-11-43(3)58-65(102)86(6)39-56(95)84(4)40-57(96)87(7)50(34-45-23-21-42(2)22-24-45)63(100)85(5)38-54(93)81-49(28-26-44-25-27-47(48(72)33-44)71(78,79)80)62(99)92-41-69(73,74)36-53(92)61(98)83-68(29-15-16-30-68)67(104)90(10)59(46-19-13-12-14-20-46)66(103)89(9)51(64(101)91-31-17-18-32-91)35-55(94)88(8)52(60(97)82-58)37-70(75,76)77/h21-25,27,33,43,46,49-53,58-59H,11-20,26,28-32,34-41H2,1-10H3,(H,81,93)(H,82,97)(H,83,98)/t43-,49-,50-,51-,52-,53?,58-,59-/m0/s1. The number of halogens is 9. The Bertz CT molecular complexity index is 3500. The van der Waals surface area contributed by atoms with Crippen LogP contribution in [0.4, 0.5) is 35.1 Å². The average Bonchev–Trinajstić information content (AvgIpc) is 1.31. The molecule has 7 rings (SSSR count). The lowest BCUT2D eigenvalue weighted by molar-refractivity contribution is -0.163. The molecule has 2 saturated carbocycles. The highest BCUT2D eigenvalue weighted by atomic mass is 35.5. The Kier molecular flexibility index (Phi) is 27.8. The molecule has 0 radical (unpaired) electrons. The van der Waals surface area contributed by atoms with E-state index in [1.165, 1.54) is 54.1 Å². The zero-order chi connectivity index (χ0) is 77.2. The monoisotopic (exact) mass is 1500 g/mol. The molecule has 5 fully saturated rings. The van der Waals surface area contributed by atoms with Gasteiger partial charge in [0, 0.05) is 75.3 Å². The molecule has 3 saturated heterocycles. The Morgan fingerprint density at radius 1 is 0.644 bits per heavy atom. The van der Waals surface area contributed by atoms with Crippen LogP contribution < -0.4 is 16.0 Å². The predicted octanol–water partition coefficient (Wildman–Crippen LogP) is 5.77. The number of fused-ring (bicyclic) bond motifs is 1. The molecule has 24 nitrogen and oxygen atoms in total. The first-order chi connectivity index (χ1) is 48.6. The molecule has 3 N–H and O–H groups in total. The lowest BCUT2D eigenvalue weighted by Gasteiger charge is -2.43. The third kappa shape index (κ3) is 20.7. The minimum Gasteiger partial charge on any atom is -0.343 e. The molecule has 0 aromatic heterocycles. The average molecular weight is 1500 g/mol. The lowest BCUT2D eigenvalue weighted by atomic mass is 9.81. The van der Waals surface area contributed by atoms with Gasteiger partial charge in [-0.05, 0) is 93.4 Å². The van der Waals surface area contributed by atoms with E-state index in [1.54, 1.807) is 38.1 Å². The van der Waals surface area contributed by atoms with Gasteiger partial charge in [0.05, 0.1) is 49.6 Å². The molecular weight excluding hydrogens is 1400 g/mol. The molecule has 2 aromatic rings. The number of hydrogen-bond acceptors (Lipinski definition) is 12. The van der Waals surface area contributed by atoms with Crippen LogP contribution in [-0.4, -0.2) is 264 Å². The molecule has 33 heteroatoms. The van der Waals surface area contributed by atoms with Gasteiger partial charge in [-0.3, -0.25) is 57.5 Å². The molecule has 2 aliphatic carbocycles. The number of nitrogens with zero attached hydrogens (tertiary/aromatic N) is 9. The highest BCUT2D eigenvalue weighted by molar-refractivity contribution is 6.31. The van der Waals surface area contributed by atoms with Crippen LogP contribution in [0.2, 0.25) is 5.02 Å². The maximum absolute atomic E-state index is 16.2. The summed E-state index contributed by atoms with van der Waals surface area (Å²) in [6.07, 6.45) is -11.2. The first-order valence-corrected chi connectivity index (χ1v) is 35.6. The first kappa shape index (κ1) is 83.1. The van der Waals surface area contributed by atoms with Gasteiger partial charge in [0.25, 0.3) is 5.92 Å². The van der Waals surface area contributed by atoms with Gasteiger partial charge in [0.1, 0.15) is 47.8 Å². The third-order valence-electron chi connectivity index (χ3n) is 21.1. The number of likely N-dealkylation sites (N-methyl/N-ethyl adjacent to an activating group) is 7. The second-order valence-electron chi connectivity index (χ2n) is 28.8. The van der Waals surface area contributed by atoms with E-state index < -0.39 is 211 Å². The molecule has 0 bridgehead atoms. The molecule has 3 aliphatic heterocycles. The van der Waals surface area contributed by atoms with Crippen LogP contribution in [0, 0.1) is 18.8 Å². The molecule has 8 atom stereocenters. The van der Waals surface area contributed by atoms with Gasteiger partial charge >= 0.3 is 12.4 Å². The number of rotatable bonds is 10. The van der Waals surface area contributed by atoms with Crippen molar-refractivity contribution in [1.29, 1.82) is 0 Å². The fraction of sp³-hybridized carbons (Fsp3) is 0.662. The fourth-order valence-electron chi connectivity index (χ4n) is 14.6. The van der Waals surface area contributed by atoms with E-state index in [1.807, 2.05) is 0 Å². The minimum absolute atomic E-state index is 0.1000. The third-order valence-corrected chi connectivity index (χ3v) is 21.4. The second-order valence-corrected chi connectivity index (χ2v) is 29.2. The Morgan fingerprint density at radius 2 is 1.23 bits per heavy atom.